The second-order valence-electron chi connectivity index (χ2n) is 4.87. The Bertz CT molecular complexity index is 554. The maximum atomic E-state index is 13.8. The van der Waals surface area contributed by atoms with Gasteiger partial charge in [-0.2, -0.15) is 0 Å². The molecule has 1 aromatic heterocycles. The predicted molar refractivity (Wildman–Crippen MR) is 75.4 cm³/mol. The number of benzene rings is 1. The van der Waals surface area contributed by atoms with Crippen LogP contribution in [0.2, 0.25) is 0 Å². The normalized spacial score (nSPS) is 12.8. The summed E-state index contributed by atoms with van der Waals surface area (Å²) in [6, 6.07) is 6.80. The molecule has 0 aliphatic heterocycles. The third-order valence-electron chi connectivity index (χ3n) is 3.37. The summed E-state index contributed by atoms with van der Waals surface area (Å²) in [6.07, 6.45) is 1.87. The molecule has 1 unspecified atom stereocenters. The van der Waals surface area contributed by atoms with Crippen molar-refractivity contribution in [2.75, 3.05) is 13.6 Å². The molecule has 0 radical (unpaired) electrons. The van der Waals surface area contributed by atoms with E-state index < -0.39 is 0 Å². The number of aromatic nitrogens is 3. The first kappa shape index (κ1) is 14.6. The Kier molecular flexibility index (Phi) is 4.81. The summed E-state index contributed by atoms with van der Waals surface area (Å²) in [5, 5.41) is 8.09. The molecule has 0 saturated carbocycles. The molecule has 6 heteroatoms. The first-order valence-corrected chi connectivity index (χ1v) is 6.65. The average Bonchev–Trinajstić information content (AvgIpc) is 2.86. The van der Waals surface area contributed by atoms with Gasteiger partial charge in [-0.3, -0.25) is 9.58 Å². The van der Waals surface area contributed by atoms with Crippen LogP contribution in [0, 0.1) is 5.82 Å². The molecule has 1 heterocycles. The smallest absolute Gasteiger partial charge is 0.127 e. The van der Waals surface area contributed by atoms with E-state index in [1.54, 1.807) is 10.7 Å². The number of hydrogen-bond donors (Lipinski definition) is 1. The van der Waals surface area contributed by atoms with E-state index in [9.17, 15) is 4.39 Å². The Morgan fingerprint density at radius 1 is 1.40 bits per heavy atom. The molecule has 5 nitrogen and oxygen atoms in total. The lowest BCUT2D eigenvalue weighted by Gasteiger charge is -2.24. The van der Waals surface area contributed by atoms with Crippen LogP contribution >= 0.6 is 0 Å². The van der Waals surface area contributed by atoms with E-state index in [-0.39, 0.29) is 11.9 Å². The SMILES string of the molecule is CC(c1ccccc1F)N(C)Cc1cn(CCN)nn1. The van der Waals surface area contributed by atoms with Gasteiger partial charge >= 0.3 is 0 Å². The molecule has 0 fully saturated rings. The minimum atomic E-state index is -0.182. The zero-order valence-electron chi connectivity index (χ0n) is 11.8. The Balaban J connectivity index is 2.03. The topological polar surface area (TPSA) is 60.0 Å². The highest BCUT2D eigenvalue weighted by molar-refractivity contribution is 5.20. The molecule has 2 N–H and O–H groups in total. The van der Waals surface area contributed by atoms with Crippen molar-refractivity contribution in [2.45, 2.75) is 26.1 Å². The van der Waals surface area contributed by atoms with Gasteiger partial charge in [0.25, 0.3) is 0 Å². The summed E-state index contributed by atoms with van der Waals surface area (Å²) < 4.78 is 15.5. The van der Waals surface area contributed by atoms with Crippen LogP contribution in [0.1, 0.15) is 24.2 Å². The van der Waals surface area contributed by atoms with Crippen molar-refractivity contribution >= 4 is 0 Å². The summed E-state index contributed by atoms with van der Waals surface area (Å²) in [5.41, 5.74) is 7.01. The molecule has 2 rings (SSSR count). The van der Waals surface area contributed by atoms with Gasteiger partial charge in [0.05, 0.1) is 12.2 Å². The van der Waals surface area contributed by atoms with Crippen LogP contribution in [0.25, 0.3) is 0 Å². The number of nitrogens with zero attached hydrogens (tertiary/aromatic N) is 4. The average molecular weight is 277 g/mol. The van der Waals surface area contributed by atoms with Crippen molar-refractivity contribution < 1.29 is 4.39 Å². The minimum Gasteiger partial charge on any atom is -0.329 e. The maximum Gasteiger partial charge on any atom is 0.127 e. The standard InChI is InChI=1S/C14H20FN5/c1-11(13-5-3-4-6-14(13)15)19(2)9-12-10-20(8-7-16)18-17-12/h3-6,10-11H,7-9,16H2,1-2H3. The fraction of sp³-hybridized carbons (Fsp3) is 0.429. The predicted octanol–water partition coefficient (Wildman–Crippen LogP) is 1.57. The second-order valence-corrected chi connectivity index (χ2v) is 4.87. The van der Waals surface area contributed by atoms with E-state index in [0.717, 1.165) is 5.69 Å². The highest BCUT2D eigenvalue weighted by atomic mass is 19.1. The Hall–Kier alpha value is -1.79. The van der Waals surface area contributed by atoms with Gasteiger partial charge in [-0.1, -0.05) is 23.4 Å². The summed E-state index contributed by atoms with van der Waals surface area (Å²) in [4.78, 5) is 2.04. The maximum absolute atomic E-state index is 13.8. The highest BCUT2D eigenvalue weighted by Gasteiger charge is 2.16. The molecule has 1 atom stereocenters. The monoisotopic (exact) mass is 277 g/mol. The van der Waals surface area contributed by atoms with Crippen LogP contribution in [0.15, 0.2) is 30.5 Å². The molecule has 0 amide bonds. The summed E-state index contributed by atoms with van der Waals surface area (Å²) in [6.45, 7) is 3.77. The largest absolute Gasteiger partial charge is 0.329 e. The van der Waals surface area contributed by atoms with Crippen LogP contribution in [-0.4, -0.2) is 33.5 Å². The lowest BCUT2D eigenvalue weighted by molar-refractivity contribution is 0.245. The number of halogens is 1. The third-order valence-corrected chi connectivity index (χ3v) is 3.37. The highest BCUT2D eigenvalue weighted by Crippen LogP contribution is 2.22. The summed E-state index contributed by atoms with van der Waals surface area (Å²) in [5.74, 6) is -0.182. The van der Waals surface area contributed by atoms with Crippen molar-refractivity contribution in [2.24, 2.45) is 5.73 Å². The van der Waals surface area contributed by atoms with Gasteiger partial charge in [0.15, 0.2) is 0 Å². The first-order valence-electron chi connectivity index (χ1n) is 6.65. The summed E-state index contributed by atoms with van der Waals surface area (Å²) >= 11 is 0. The second kappa shape index (κ2) is 6.58. The molecule has 0 bridgehead atoms. The van der Waals surface area contributed by atoms with E-state index in [1.807, 2.05) is 37.2 Å². The van der Waals surface area contributed by atoms with Crippen LogP contribution in [-0.2, 0) is 13.1 Å². The van der Waals surface area contributed by atoms with Gasteiger partial charge in [-0.25, -0.2) is 4.39 Å². The third kappa shape index (κ3) is 3.40. The molecule has 0 aliphatic carbocycles. The van der Waals surface area contributed by atoms with E-state index in [0.29, 0.717) is 25.2 Å². The Morgan fingerprint density at radius 2 is 2.15 bits per heavy atom. The number of hydrogen-bond acceptors (Lipinski definition) is 4. The van der Waals surface area contributed by atoms with E-state index in [4.69, 9.17) is 5.73 Å². The Morgan fingerprint density at radius 3 is 2.85 bits per heavy atom. The Labute approximate surface area is 118 Å². The van der Waals surface area contributed by atoms with Gasteiger partial charge in [0.1, 0.15) is 5.82 Å². The zero-order chi connectivity index (χ0) is 14.5. The molecule has 0 spiro atoms. The van der Waals surface area contributed by atoms with Gasteiger partial charge in [0.2, 0.25) is 0 Å². The van der Waals surface area contributed by atoms with Crippen molar-refractivity contribution in [3.63, 3.8) is 0 Å². The molecule has 2 aromatic rings. The van der Waals surface area contributed by atoms with Crippen LogP contribution in [0.5, 0.6) is 0 Å². The lowest BCUT2D eigenvalue weighted by atomic mass is 10.1. The van der Waals surface area contributed by atoms with Gasteiger partial charge < -0.3 is 5.73 Å². The molecular formula is C14H20FN5. The summed E-state index contributed by atoms with van der Waals surface area (Å²) in [7, 11) is 1.94. The quantitative estimate of drug-likeness (QED) is 0.870. The first-order chi connectivity index (χ1) is 9.61. The minimum absolute atomic E-state index is 0.0316. The van der Waals surface area contributed by atoms with Crippen molar-refractivity contribution in [3.05, 3.63) is 47.5 Å². The molecule has 0 saturated heterocycles. The van der Waals surface area contributed by atoms with Crippen molar-refractivity contribution in [1.82, 2.24) is 19.9 Å². The van der Waals surface area contributed by atoms with Gasteiger partial charge in [-0.15, -0.1) is 5.10 Å². The molecule has 108 valence electrons. The fourth-order valence-electron chi connectivity index (χ4n) is 2.10. The molecule has 20 heavy (non-hydrogen) atoms. The number of rotatable bonds is 6. The van der Waals surface area contributed by atoms with E-state index in [2.05, 4.69) is 10.3 Å². The van der Waals surface area contributed by atoms with Gasteiger partial charge in [0, 0.05) is 30.9 Å². The van der Waals surface area contributed by atoms with Crippen molar-refractivity contribution in [3.8, 4) is 0 Å². The van der Waals surface area contributed by atoms with E-state index in [1.165, 1.54) is 6.07 Å². The number of nitrogens with two attached hydrogens (primary N) is 1. The zero-order valence-corrected chi connectivity index (χ0v) is 11.8. The molecule has 1 aromatic carbocycles. The molecular weight excluding hydrogens is 257 g/mol. The van der Waals surface area contributed by atoms with Gasteiger partial charge in [-0.05, 0) is 20.0 Å². The molecule has 0 aliphatic rings. The van der Waals surface area contributed by atoms with Crippen LogP contribution in [0.4, 0.5) is 4.39 Å². The van der Waals surface area contributed by atoms with E-state index >= 15 is 0 Å². The van der Waals surface area contributed by atoms with Crippen LogP contribution in [0.3, 0.4) is 0 Å². The van der Waals surface area contributed by atoms with Crippen molar-refractivity contribution in [1.29, 1.82) is 0 Å². The fourth-order valence-corrected chi connectivity index (χ4v) is 2.10. The lowest BCUT2D eigenvalue weighted by Crippen LogP contribution is -2.23. The van der Waals surface area contributed by atoms with Crippen LogP contribution < -0.4 is 5.73 Å².